The summed E-state index contributed by atoms with van der Waals surface area (Å²) in [7, 11) is -1.78. The molecule has 0 heterocycles. The fraction of sp³-hybridized carbons (Fsp3) is 0.538. The Hall–Kier alpha value is -0.473. The zero-order valence-electron chi connectivity index (χ0n) is 12.0. The van der Waals surface area contributed by atoms with Gasteiger partial charge < -0.3 is 4.43 Å². The summed E-state index contributed by atoms with van der Waals surface area (Å²) >= 11 is 2.12. The monoisotopic (exact) mass is 393 g/mol. The summed E-state index contributed by atoms with van der Waals surface area (Å²) in [5, 5.41) is 10.9. The molecule has 0 bridgehead atoms. The van der Waals surface area contributed by atoms with Gasteiger partial charge >= 0.3 is 0 Å². The SMILES string of the molecule is CC(C)(C)[Si](C)(C)OCc1ccc([N+](=O)[O-])cc1I. The highest BCUT2D eigenvalue weighted by Crippen LogP contribution is 2.37. The molecular formula is C13H20INO3Si. The van der Waals surface area contributed by atoms with Gasteiger partial charge in [-0.05, 0) is 52.4 Å². The second-order valence-corrected chi connectivity index (χ2v) is 12.1. The van der Waals surface area contributed by atoms with Crippen LogP contribution in [0.1, 0.15) is 26.3 Å². The van der Waals surface area contributed by atoms with E-state index < -0.39 is 8.32 Å². The van der Waals surface area contributed by atoms with Crippen LogP contribution < -0.4 is 0 Å². The van der Waals surface area contributed by atoms with E-state index in [0.29, 0.717) is 6.61 Å². The number of non-ortho nitro benzene ring substituents is 1. The fourth-order valence-electron chi connectivity index (χ4n) is 1.24. The van der Waals surface area contributed by atoms with E-state index >= 15 is 0 Å². The molecule has 0 fully saturated rings. The Balaban J connectivity index is 2.82. The Labute approximate surface area is 129 Å². The van der Waals surface area contributed by atoms with Crippen molar-refractivity contribution in [2.75, 3.05) is 0 Å². The maximum absolute atomic E-state index is 10.7. The van der Waals surface area contributed by atoms with Crippen molar-refractivity contribution in [3.63, 3.8) is 0 Å². The van der Waals surface area contributed by atoms with Crippen molar-refractivity contribution in [1.82, 2.24) is 0 Å². The molecule has 0 aliphatic heterocycles. The first-order valence-electron chi connectivity index (χ1n) is 6.11. The third-order valence-electron chi connectivity index (χ3n) is 3.64. The predicted octanol–water partition coefficient (Wildman–Crippen LogP) is 4.72. The molecule has 1 aromatic rings. The van der Waals surface area contributed by atoms with Crippen molar-refractivity contribution in [3.8, 4) is 0 Å². The minimum atomic E-state index is -1.78. The van der Waals surface area contributed by atoms with Gasteiger partial charge in [-0.2, -0.15) is 0 Å². The topological polar surface area (TPSA) is 52.4 Å². The van der Waals surface area contributed by atoms with Crippen LogP contribution in [0.3, 0.4) is 0 Å². The maximum Gasteiger partial charge on any atom is 0.270 e. The Kier molecular flexibility index (Phi) is 5.13. The molecule has 0 aromatic heterocycles. The smallest absolute Gasteiger partial charge is 0.270 e. The average Bonchev–Trinajstić information content (AvgIpc) is 2.25. The van der Waals surface area contributed by atoms with Gasteiger partial charge in [0.2, 0.25) is 0 Å². The largest absolute Gasteiger partial charge is 0.413 e. The summed E-state index contributed by atoms with van der Waals surface area (Å²) in [6.07, 6.45) is 0. The van der Waals surface area contributed by atoms with Crippen LogP contribution in [0, 0.1) is 13.7 Å². The number of nitro benzene ring substituents is 1. The van der Waals surface area contributed by atoms with Crippen LogP contribution in [-0.4, -0.2) is 13.2 Å². The normalized spacial score (nSPS) is 12.5. The molecule has 6 heteroatoms. The Morgan fingerprint density at radius 3 is 2.37 bits per heavy atom. The first-order valence-corrected chi connectivity index (χ1v) is 10.1. The molecule has 0 saturated heterocycles. The molecular weight excluding hydrogens is 373 g/mol. The van der Waals surface area contributed by atoms with Crippen molar-refractivity contribution in [3.05, 3.63) is 37.4 Å². The van der Waals surface area contributed by atoms with Crippen LogP contribution in [-0.2, 0) is 11.0 Å². The first kappa shape index (κ1) is 16.6. The highest BCUT2D eigenvalue weighted by molar-refractivity contribution is 14.1. The van der Waals surface area contributed by atoms with Gasteiger partial charge in [0.25, 0.3) is 5.69 Å². The third-order valence-corrected chi connectivity index (χ3v) is 9.12. The number of hydrogen-bond donors (Lipinski definition) is 0. The molecule has 0 aliphatic rings. The van der Waals surface area contributed by atoms with E-state index in [0.717, 1.165) is 9.13 Å². The number of benzene rings is 1. The van der Waals surface area contributed by atoms with Crippen LogP contribution in [0.25, 0.3) is 0 Å². The second-order valence-electron chi connectivity index (χ2n) is 6.08. The van der Waals surface area contributed by atoms with Crippen LogP contribution in [0.15, 0.2) is 18.2 Å². The first-order chi connectivity index (χ1) is 8.54. The van der Waals surface area contributed by atoms with Crippen molar-refractivity contribution in [1.29, 1.82) is 0 Å². The maximum atomic E-state index is 10.7. The number of nitro groups is 1. The number of rotatable bonds is 4. The Morgan fingerprint density at radius 1 is 1.37 bits per heavy atom. The summed E-state index contributed by atoms with van der Waals surface area (Å²) in [6, 6.07) is 4.91. The van der Waals surface area contributed by atoms with E-state index in [1.54, 1.807) is 12.1 Å². The fourth-order valence-corrected chi connectivity index (χ4v) is 2.85. The molecule has 0 amide bonds. The zero-order valence-corrected chi connectivity index (χ0v) is 15.1. The summed E-state index contributed by atoms with van der Waals surface area (Å²) in [6.45, 7) is 11.5. The number of hydrogen-bond acceptors (Lipinski definition) is 3. The highest BCUT2D eigenvalue weighted by Gasteiger charge is 2.37. The van der Waals surface area contributed by atoms with Crippen LogP contribution in [0.4, 0.5) is 5.69 Å². The Bertz CT molecular complexity index is 483. The summed E-state index contributed by atoms with van der Waals surface area (Å²) < 4.78 is 7.01. The molecule has 0 aliphatic carbocycles. The van der Waals surface area contributed by atoms with E-state index in [1.807, 2.05) is 0 Å². The molecule has 0 radical (unpaired) electrons. The molecule has 0 atom stereocenters. The quantitative estimate of drug-likeness (QED) is 0.322. The molecule has 1 rings (SSSR count). The van der Waals surface area contributed by atoms with Crippen LogP contribution >= 0.6 is 22.6 Å². The van der Waals surface area contributed by atoms with Gasteiger partial charge in [0.15, 0.2) is 8.32 Å². The van der Waals surface area contributed by atoms with Gasteiger partial charge in [-0.1, -0.05) is 20.8 Å². The predicted molar refractivity (Wildman–Crippen MR) is 87.8 cm³/mol. The van der Waals surface area contributed by atoms with Gasteiger partial charge in [0.05, 0.1) is 11.5 Å². The summed E-state index contributed by atoms with van der Waals surface area (Å²) in [5.41, 5.74) is 1.14. The van der Waals surface area contributed by atoms with Gasteiger partial charge in [0, 0.05) is 15.7 Å². The summed E-state index contributed by atoms with van der Waals surface area (Å²) in [5.74, 6) is 0. The lowest BCUT2D eigenvalue weighted by molar-refractivity contribution is -0.385. The number of nitrogens with zero attached hydrogens (tertiary/aromatic N) is 1. The van der Waals surface area contributed by atoms with E-state index in [2.05, 4.69) is 56.5 Å². The molecule has 0 N–H and O–H groups in total. The van der Waals surface area contributed by atoms with E-state index in [9.17, 15) is 10.1 Å². The number of halogens is 1. The molecule has 0 unspecified atom stereocenters. The Morgan fingerprint density at radius 2 is 1.95 bits per heavy atom. The summed E-state index contributed by atoms with van der Waals surface area (Å²) in [4.78, 5) is 10.3. The van der Waals surface area contributed by atoms with Gasteiger partial charge in [-0.3, -0.25) is 10.1 Å². The van der Waals surface area contributed by atoms with Gasteiger partial charge in [0.1, 0.15) is 0 Å². The minimum absolute atomic E-state index is 0.125. The molecule has 0 spiro atoms. The third kappa shape index (κ3) is 4.25. The van der Waals surface area contributed by atoms with Gasteiger partial charge in [-0.15, -0.1) is 0 Å². The lowest BCUT2D eigenvalue weighted by atomic mass is 10.2. The van der Waals surface area contributed by atoms with Crippen molar-refractivity contribution in [2.24, 2.45) is 0 Å². The van der Waals surface area contributed by atoms with Crippen molar-refractivity contribution < 1.29 is 9.35 Å². The minimum Gasteiger partial charge on any atom is -0.413 e. The lowest BCUT2D eigenvalue weighted by Gasteiger charge is -2.36. The van der Waals surface area contributed by atoms with Crippen LogP contribution in [0.5, 0.6) is 0 Å². The molecule has 19 heavy (non-hydrogen) atoms. The van der Waals surface area contributed by atoms with E-state index in [-0.39, 0.29) is 15.6 Å². The van der Waals surface area contributed by atoms with Crippen LogP contribution in [0.2, 0.25) is 18.1 Å². The standard InChI is InChI=1S/C13H20INO3Si/c1-13(2,3)19(4,5)18-9-10-6-7-11(15(16)17)8-12(10)14/h6-8H,9H2,1-5H3. The second kappa shape index (κ2) is 5.88. The van der Waals surface area contributed by atoms with Gasteiger partial charge in [-0.25, -0.2) is 0 Å². The lowest BCUT2D eigenvalue weighted by Crippen LogP contribution is -2.40. The molecule has 106 valence electrons. The van der Waals surface area contributed by atoms with Crippen molar-refractivity contribution in [2.45, 2.75) is 45.5 Å². The highest BCUT2D eigenvalue weighted by atomic mass is 127. The molecule has 4 nitrogen and oxygen atoms in total. The molecule has 1 aromatic carbocycles. The zero-order chi connectivity index (χ0) is 14.8. The van der Waals surface area contributed by atoms with E-state index in [1.165, 1.54) is 6.07 Å². The average molecular weight is 393 g/mol. The van der Waals surface area contributed by atoms with Crippen molar-refractivity contribution >= 4 is 36.6 Å². The molecule has 0 saturated carbocycles. The van der Waals surface area contributed by atoms with E-state index in [4.69, 9.17) is 4.43 Å².